The third-order valence-electron chi connectivity index (χ3n) is 6.62. The summed E-state index contributed by atoms with van der Waals surface area (Å²) in [4.78, 5) is 35.3. The number of piperidine rings is 1. The number of carbonyl (C=O) groups is 1. The molecule has 3 aliphatic rings. The van der Waals surface area contributed by atoms with Gasteiger partial charge in [-0.2, -0.15) is 4.31 Å². The molecule has 0 spiro atoms. The van der Waals surface area contributed by atoms with Crippen LogP contribution in [-0.2, 0) is 27.8 Å². The minimum Gasteiger partial charge on any atom is -0.332 e. The topological polar surface area (TPSA) is 103 Å². The number of aromatic amines is 1. The van der Waals surface area contributed by atoms with Gasteiger partial charge in [0.2, 0.25) is 15.9 Å². The molecule has 0 radical (unpaired) electrons. The molecule has 1 saturated carbocycles. The maximum atomic E-state index is 13.1. The number of sulfonamides is 1. The molecule has 160 valence electrons. The van der Waals surface area contributed by atoms with Crippen molar-refractivity contribution in [2.45, 2.75) is 70.9 Å². The summed E-state index contributed by atoms with van der Waals surface area (Å²) in [6.07, 6.45) is 7.18. The molecule has 8 nitrogen and oxygen atoms in total. The van der Waals surface area contributed by atoms with Crippen molar-refractivity contribution in [3.05, 3.63) is 27.4 Å². The van der Waals surface area contributed by atoms with Crippen molar-refractivity contribution in [2.24, 2.45) is 5.92 Å². The molecular formula is C20H30N4O4S. The normalized spacial score (nSPS) is 23.9. The Morgan fingerprint density at radius 1 is 1.14 bits per heavy atom. The largest absolute Gasteiger partial charge is 0.332 e. The molecule has 29 heavy (non-hydrogen) atoms. The Labute approximate surface area is 171 Å². The fourth-order valence-electron chi connectivity index (χ4n) is 4.90. The van der Waals surface area contributed by atoms with E-state index >= 15 is 0 Å². The number of likely N-dealkylation sites (tertiary alicyclic amines) is 1. The third-order valence-corrected chi connectivity index (χ3v) is 8.45. The predicted octanol–water partition coefficient (Wildman–Crippen LogP) is 1.72. The smallest absolute Gasteiger partial charge is 0.254 e. The number of nitrogens with zero attached hydrogens (tertiary/aromatic N) is 3. The van der Waals surface area contributed by atoms with Crippen molar-refractivity contribution in [1.29, 1.82) is 0 Å². The lowest BCUT2D eigenvalue weighted by Crippen LogP contribution is -2.44. The molecule has 4 rings (SSSR count). The summed E-state index contributed by atoms with van der Waals surface area (Å²) in [6.45, 7) is 2.75. The minimum absolute atomic E-state index is 0.0324. The van der Waals surface area contributed by atoms with Crippen molar-refractivity contribution in [1.82, 2.24) is 19.2 Å². The Bertz CT molecular complexity index is 936. The summed E-state index contributed by atoms with van der Waals surface area (Å²) in [6, 6.07) is -0.229. The van der Waals surface area contributed by atoms with Gasteiger partial charge in [0.1, 0.15) is 5.82 Å². The van der Waals surface area contributed by atoms with E-state index in [1.807, 2.05) is 4.90 Å². The van der Waals surface area contributed by atoms with E-state index in [2.05, 4.69) is 4.98 Å². The van der Waals surface area contributed by atoms with Crippen LogP contribution in [0.4, 0.5) is 0 Å². The number of H-pyrrole nitrogens is 1. The lowest BCUT2D eigenvalue weighted by Gasteiger charge is -2.37. The zero-order valence-corrected chi connectivity index (χ0v) is 17.8. The second-order valence-electron chi connectivity index (χ2n) is 8.39. The van der Waals surface area contributed by atoms with Crippen LogP contribution in [0.1, 0.15) is 75.0 Å². The second kappa shape index (κ2) is 8.18. The standard InChI is InChI=1S/C20H30N4O4S/c1-2-29(27,28)23-12-10-15-16(13-23)21-18(22-19(15)25)17-9-5-6-11-24(17)20(26)14-7-3-4-8-14/h14,17H,2-13H2,1H3,(H,21,22,25). The number of hydrogen-bond acceptors (Lipinski definition) is 5. The molecule has 3 heterocycles. The summed E-state index contributed by atoms with van der Waals surface area (Å²) in [5, 5.41) is 0. The number of nitrogens with one attached hydrogen (secondary N) is 1. The van der Waals surface area contributed by atoms with E-state index in [-0.39, 0.29) is 35.7 Å². The predicted molar refractivity (Wildman–Crippen MR) is 109 cm³/mol. The van der Waals surface area contributed by atoms with Gasteiger partial charge in [-0.1, -0.05) is 12.8 Å². The van der Waals surface area contributed by atoms with Gasteiger partial charge in [0, 0.05) is 24.6 Å². The van der Waals surface area contributed by atoms with E-state index in [0.717, 1.165) is 44.9 Å². The highest BCUT2D eigenvalue weighted by atomic mass is 32.2. The van der Waals surface area contributed by atoms with Gasteiger partial charge >= 0.3 is 0 Å². The molecule has 0 bridgehead atoms. The Morgan fingerprint density at radius 2 is 1.86 bits per heavy atom. The van der Waals surface area contributed by atoms with Crippen LogP contribution in [0, 0.1) is 5.92 Å². The number of rotatable bonds is 4. The van der Waals surface area contributed by atoms with Crippen molar-refractivity contribution in [3.8, 4) is 0 Å². The Balaban J connectivity index is 1.64. The molecule has 1 atom stereocenters. The minimum atomic E-state index is -3.33. The highest BCUT2D eigenvalue weighted by molar-refractivity contribution is 7.89. The van der Waals surface area contributed by atoms with Crippen molar-refractivity contribution >= 4 is 15.9 Å². The zero-order valence-electron chi connectivity index (χ0n) is 17.0. The summed E-state index contributed by atoms with van der Waals surface area (Å²) < 4.78 is 26.0. The van der Waals surface area contributed by atoms with Crippen LogP contribution in [0.25, 0.3) is 0 Å². The van der Waals surface area contributed by atoms with Crippen LogP contribution in [-0.4, -0.2) is 52.3 Å². The fraction of sp³-hybridized carbons (Fsp3) is 0.750. The van der Waals surface area contributed by atoms with Gasteiger partial charge < -0.3 is 9.88 Å². The van der Waals surface area contributed by atoms with Gasteiger partial charge in [0.05, 0.1) is 24.0 Å². The molecule has 9 heteroatoms. The summed E-state index contributed by atoms with van der Waals surface area (Å²) in [7, 11) is -3.33. The molecule has 1 aromatic heterocycles. The Hall–Kier alpha value is -1.74. The molecule has 1 unspecified atom stereocenters. The number of amides is 1. The molecule has 1 amide bonds. The van der Waals surface area contributed by atoms with Crippen molar-refractivity contribution in [2.75, 3.05) is 18.8 Å². The maximum absolute atomic E-state index is 13.1. The SMILES string of the molecule is CCS(=O)(=O)N1CCc2c(nc(C3CCCCN3C(=O)C3CCCC3)[nH]c2=O)C1. The van der Waals surface area contributed by atoms with Gasteiger partial charge in [-0.3, -0.25) is 9.59 Å². The molecule has 2 fully saturated rings. The Kier molecular flexibility index (Phi) is 5.79. The Morgan fingerprint density at radius 3 is 2.59 bits per heavy atom. The van der Waals surface area contributed by atoms with Crippen LogP contribution in [0.2, 0.25) is 0 Å². The average molecular weight is 423 g/mol. The van der Waals surface area contributed by atoms with Crippen LogP contribution in [0.15, 0.2) is 4.79 Å². The number of aromatic nitrogens is 2. The molecule has 1 aromatic rings. The number of hydrogen-bond donors (Lipinski definition) is 1. The van der Waals surface area contributed by atoms with E-state index < -0.39 is 10.0 Å². The van der Waals surface area contributed by atoms with Crippen LogP contribution in [0.5, 0.6) is 0 Å². The van der Waals surface area contributed by atoms with Crippen LogP contribution < -0.4 is 5.56 Å². The van der Waals surface area contributed by atoms with E-state index in [9.17, 15) is 18.0 Å². The summed E-state index contributed by atoms with van der Waals surface area (Å²) >= 11 is 0. The van der Waals surface area contributed by atoms with Gasteiger partial charge in [0.15, 0.2) is 0 Å². The first-order valence-electron chi connectivity index (χ1n) is 10.8. The molecule has 1 aliphatic carbocycles. The van der Waals surface area contributed by atoms with Gasteiger partial charge in [-0.25, -0.2) is 13.4 Å². The molecule has 0 aromatic carbocycles. The van der Waals surface area contributed by atoms with Crippen molar-refractivity contribution < 1.29 is 13.2 Å². The molecule has 2 aliphatic heterocycles. The maximum Gasteiger partial charge on any atom is 0.254 e. The zero-order chi connectivity index (χ0) is 20.6. The lowest BCUT2D eigenvalue weighted by molar-refractivity contribution is -0.139. The van der Waals surface area contributed by atoms with E-state index in [4.69, 9.17) is 4.98 Å². The first kappa shape index (κ1) is 20.5. The van der Waals surface area contributed by atoms with Gasteiger partial charge in [-0.15, -0.1) is 0 Å². The summed E-state index contributed by atoms with van der Waals surface area (Å²) in [5.74, 6) is 0.813. The van der Waals surface area contributed by atoms with Crippen LogP contribution >= 0.6 is 0 Å². The van der Waals surface area contributed by atoms with E-state index in [0.29, 0.717) is 36.6 Å². The first-order chi connectivity index (χ1) is 13.9. The fourth-order valence-corrected chi connectivity index (χ4v) is 5.95. The van der Waals surface area contributed by atoms with Crippen LogP contribution in [0.3, 0.4) is 0 Å². The monoisotopic (exact) mass is 422 g/mol. The lowest BCUT2D eigenvalue weighted by atomic mass is 9.97. The van der Waals surface area contributed by atoms with E-state index in [1.54, 1.807) is 6.92 Å². The average Bonchev–Trinajstić information content (AvgIpc) is 3.27. The van der Waals surface area contributed by atoms with Gasteiger partial charge in [-0.05, 0) is 45.4 Å². The summed E-state index contributed by atoms with van der Waals surface area (Å²) in [5.41, 5.74) is 0.907. The molecule has 1 saturated heterocycles. The second-order valence-corrected chi connectivity index (χ2v) is 10.6. The number of carbonyl (C=O) groups excluding carboxylic acids is 1. The van der Waals surface area contributed by atoms with E-state index in [1.165, 1.54) is 4.31 Å². The highest BCUT2D eigenvalue weighted by Gasteiger charge is 2.36. The first-order valence-corrected chi connectivity index (χ1v) is 12.4. The van der Waals surface area contributed by atoms with Crippen molar-refractivity contribution in [3.63, 3.8) is 0 Å². The van der Waals surface area contributed by atoms with Gasteiger partial charge in [0.25, 0.3) is 5.56 Å². The molecular weight excluding hydrogens is 392 g/mol. The molecule has 1 N–H and O–H groups in total. The highest BCUT2D eigenvalue weighted by Crippen LogP contribution is 2.34. The third kappa shape index (κ3) is 3.99. The number of fused-ring (bicyclic) bond motifs is 1. The quantitative estimate of drug-likeness (QED) is 0.796.